The maximum atomic E-state index is 12.7. The van der Waals surface area contributed by atoms with Gasteiger partial charge in [-0.1, -0.05) is 15.9 Å². The molecule has 0 aliphatic carbocycles. The number of nitrogens with zero attached hydrogens (tertiary/aromatic N) is 1. The molecule has 116 valence electrons. The van der Waals surface area contributed by atoms with Crippen molar-refractivity contribution in [2.75, 3.05) is 13.1 Å². The number of rotatable bonds is 3. The van der Waals surface area contributed by atoms with Crippen LogP contribution in [0.5, 0.6) is 0 Å². The molecular formula is C12H14Br2N2O4S. The van der Waals surface area contributed by atoms with Gasteiger partial charge < -0.3 is 10.8 Å². The van der Waals surface area contributed by atoms with E-state index in [-0.39, 0.29) is 24.4 Å². The van der Waals surface area contributed by atoms with Gasteiger partial charge in [-0.2, -0.15) is 4.31 Å². The molecule has 0 amide bonds. The van der Waals surface area contributed by atoms with Gasteiger partial charge in [-0.3, -0.25) is 4.79 Å². The fourth-order valence-corrected chi connectivity index (χ4v) is 5.29. The average Bonchev–Trinajstić information content (AvgIpc) is 2.78. The molecule has 9 heteroatoms. The normalized spacial score (nSPS) is 23.4. The van der Waals surface area contributed by atoms with Crippen LogP contribution in [0.15, 0.2) is 26.0 Å². The van der Waals surface area contributed by atoms with Gasteiger partial charge in [0, 0.05) is 22.0 Å². The minimum absolute atomic E-state index is 0.0864. The third kappa shape index (κ3) is 3.02. The molecule has 1 aromatic rings. The topological polar surface area (TPSA) is 101 Å². The van der Waals surface area contributed by atoms with Crippen molar-refractivity contribution in [1.82, 2.24) is 4.31 Å². The smallest absolute Gasteiger partial charge is 0.325 e. The number of aliphatic carboxylic acids is 1. The van der Waals surface area contributed by atoms with Crippen LogP contribution >= 0.6 is 31.9 Å². The van der Waals surface area contributed by atoms with Crippen LogP contribution in [0.2, 0.25) is 0 Å². The van der Waals surface area contributed by atoms with Crippen LogP contribution in [-0.2, 0) is 14.8 Å². The summed E-state index contributed by atoms with van der Waals surface area (Å²) in [5.74, 6) is -1.19. The Bertz CT molecular complexity index is 707. The summed E-state index contributed by atoms with van der Waals surface area (Å²) < 4.78 is 27.5. The number of halogens is 2. The van der Waals surface area contributed by atoms with Gasteiger partial charge in [0.15, 0.2) is 0 Å². The number of benzene rings is 1. The first-order valence-corrected chi connectivity index (χ1v) is 9.08. The first kappa shape index (κ1) is 16.9. The highest BCUT2D eigenvalue weighted by atomic mass is 79.9. The van der Waals surface area contributed by atoms with Gasteiger partial charge in [0.1, 0.15) is 5.54 Å². The lowest BCUT2D eigenvalue weighted by Gasteiger charge is -2.21. The second-order valence-electron chi connectivity index (χ2n) is 5.08. The summed E-state index contributed by atoms with van der Waals surface area (Å²) in [6.45, 7) is 1.70. The van der Waals surface area contributed by atoms with Crippen LogP contribution < -0.4 is 5.73 Å². The van der Waals surface area contributed by atoms with Crippen LogP contribution in [0.1, 0.15) is 12.0 Å². The molecule has 3 N–H and O–H groups in total. The Hall–Kier alpha value is -0.480. The van der Waals surface area contributed by atoms with E-state index < -0.39 is 21.5 Å². The van der Waals surface area contributed by atoms with Gasteiger partial charge in [0.05, 0.1) is 4.90 Å². The van der Waals surface area contributed by atoms with E-state index in [2.05, 4.69) is 31.9 Å². The molecule has 1 saturated heterocycles. The molecule has 1 aliphatic heterocycles. The standard InChI is InChI=1S/C12H14Br2N2O4S/c1-7-4-9(14)10(5-8(7)13)21(19,20)16-3-2-12(15,6-16)11(17)18/h4-5H,2-3,6,15H2,1H3,(H,17,18). The Labute approximate surface area is 139 Å². The van der Waals surface area contributed by atoms with Crippen LogP contribution in [0, 0.1) is 6.92 Å². The minimum Gasteiger partial charge on any atom is -0.480 e. The van der Waals surface area contributed by atoms with E-state index in [1.54, 1.807) is 6.07 Å². The van der Waals surface area contributed by atoms with Crippen molar-refractivity contribution in [3.8, 4) is 0 Å². The van der Waals surface area contributed by atoms with Gasteiger partial charge in [-0.05, 0) is 47.0 Å². The van der Waals surface area contributed by atoms with E-state index in [0.717, 1.165) is 9.87 Å². The molecular weight excluding hydrogens is 428 g/mol. The van der Waals surface area contributed by atoms with Crippen molar-refractivity contribution in [2.45, 2.75) is 23.8 Å². The number of nitrogens with two attached hydrogens (primary N) is 1. The Kier molecular flexibility index (Phi) is 4.52. The average molecular weight is 442 g/mol. The summed E-state index contributed by atoms with van der Waals surface area (Å²) in [4.78, 5) is 11.2. The van der Waals surface area contributed by atoms with Crippen molar-refractivity contribution in [2.24, 2.45) is 5.73 Å². The quantitative estimate of drug-likeness (QED) is 0.743. The molecule has 2 rings (SSSR count). The predicted octanol–water partition coefficient (Wildman–Crippen LogP) is 1.70. The van der Waals surface area contributed by atoms with Crippen molar-refractivity contribution in [3.05, 3.63) is 26.6 Å². The lowest BCUT2D eigenvalue weighted by molar-refractivity contribution is -0.142. The van der Waals surface area contributed by atoms with E-state index in [4.69, 9.17) is 10.8 Å². The first-order valence-electron chi connectivity index (χ1n) is 6.06. The van der Waals surface area contributed by atoms with Crippen molar-refractivity contribution < 1.29 is 18.3 Å². The fourth-order valence-electron chi connectivity index (χ4n) is 2.14. The molecule has 1 aromatic carbocycles. The first-order chi connectivity index (χ1) is 9.58. The maximum Gasteiger partial charge on any atom is 0.325 e. The van der Waals surface area contributed by atoms with Gasteiger partial charge in [0.25, 0.3) is 0 Å². The number of hydrogen-bond donors (Lipinski definition) is 2. The molecule has 1 atom stereocenters. The highest BCUT2D eigenvalue weighted by molar-refractivity contribution is 9.11. The van der Waals surface area contributed by atoms with E-state index in [0.29, 0.717) is 8.95 Å². The zero-order chi connectivity index (χ0) is 16.0. The Morgan fingerprint density at radius 2 is 2.00 bits per heavy atom. The SMILES string of the molecule is Cc1cc(Br)c(S(=O)(=O)N2CCC(N)(C(=O)O)C2)cc1Br. The summed E-state index contributed by atoms with van der Waals surface area (Å²) >= 11 is 6.55. The summed E-state index contributed by atoms with van der Waals surface area (Å²) in [6.07, 6.45) is 0.0895. The monoisotopic (exact) mass is 440 g/mol. The molecule has 1 heterocycles. The Balaban J connectivity index is 2.41. The van der Waals surface area contributed by atoms with E-state index in [1.807, 2.05) is 6.92 Å². The van der Waals surface area contributed by atoms with Crippen molar-refractivity contribution in [1.29, 1.82) is 0 Å². The van der Waals surface area contributed by atoms with E-state index >= 15 is 0 Å². The number of hydrogen-bond acceptors (Lipinski definition) is 4. The van der Waals surface area contributed by atoms with E-state index in [9.17, 15) is 13.2 Å². The summed E-state index contributed by atoms with van der Waals surface area (Å²) in [5.41, 5.74) is 5.10. The molecule has 0 radical (unpaired) electrons. The predicted molar refractivity (Wildman–Crippen MR) is 84.5 cm³/mol. The van der Waals surface area contributed by atoms with E-state index in [1.165, 1.54) is 6.07 Å². The minimum atomic E-state index is -3.80. The van der Waals surface area contributed by atoms with Gasteiger partial charge in [0.2, 0.25) is 10.0 Å². The summed E-state index contributed by atoms with van der Waals surface area (Å²) in [6, 6.07) is 3.20. The van der Waals surface area contributed by atoms with Crippen LogP contribution in [-0.4, -0.2) is 42.4 Å². The van der Waals surface area contributed by atoms with Crippen LogP contribution in [0.4, 0.5) is 0 Å². The molecule has 21 heavy (non-hydrogen) atoms. The molecule has 6 nitrogen and oxygen atoms in total. The van der Waals surface area contributed by atoms with Gasteiger partial charge >= 0.3 is 5.97 Å². The summed E-state index contributed by atoms with van der Waals surface area (Å²) in [5, 5.41) is 9.10. The lowest BCUT2D eigenvalue weighted by Crippen LogP contribution is -2.50. The number of carboxylic acid groups (broad SMARTS) is 1. The lowest BCUT2D eigenvalue weighted by atomic mass is 10.0. The molecule has 0 aromatic heterocycles. The number of aryl methyl sites for hydroxylation is 1. The molecule has 1 fully saturated rings. The molecule has 0 spiro atoms. The second kappa shape index (κ2) is 5.62. The Morgan fingerprint density at radius 3 is 2.52 bits per heavy atom. The number of carboxylic acids is 1. The zero-order valence-electron chi connectivity index (χ0n) is 11.1. The van der Waals surface area contributed by atoms with Gasteiger partial charge in [-0.25, -0.2) is 8.42 Å². The molecule has 1 unspecified atom stereocenters. The molecule has 0 saturated carbocycles. The third-order valence-electron chi connectivity index (χ3n) is 3.52. The highest BCUT2D eigenvalue weighted by Crippen LogP contribution is 2.33. The second-order valence-corrected chi connectivity index (χ2v) is 8.70. The maximum absolute atomic E-state index is 12.7. The fraction of sp³-hybridized carbons (Fsp3) is 0.417. The molecule has 1 aliphatic rings. The molecule has 0 bridgehead atoms. The summed E-state index contributed by atoms with van der Waals surface area (Å²) in [7, 11) is -3.80. The third-order valence-corrected chi connectivity index (χ3v) is 7.18. The zero-order valence-corrected chi connectivity index (χ0v) is 15.1. The number of carbonyl (C=O) groups is 1. The largest absolute Gasteiger partial charge is 0.480 e. The van der Waals surface area contributed by atoms with Crippen molar-refractivity contribution in [3.63, 3.8) is 0 Å². The van der Waals surface area contributed by atoms with Crippen molar-refractivity contribution >= 4 is 47.9 Å². The highest BCUT2D eigenvalue weighted by Gasteiger charge is 2.46. The number of sulfonamides is 1. The van der Waals surface area contributed by atoms with Crippen LogP contribution in [0.3, 0.4) is 0 Å². The van der Waals surface area contributed by atoms with Crippen LogP contribution in [0.25, 0.3) is 0 Å². The Morgan fingerprint density at radius 1 is 1.38 bits per heavy atom. The van der Waals surface area contributed by atoms with Gasteiger partial charge in [-0.15, -0.1) is 0 Å².